The third-order valence-corrected chi connectivity index (χ3v) is 5.20. The molecule has 164 valence electrons. The van der Waals surface area contributed by atoms with Gasteiger partial charge in [-0.25, -0.2) is 9.69 Å². The van der Waals surface area contributed by atoms with E-state index in [9.17, 15) is 14.4 Å². The molecule has 1 aliphatic rings. The Labute approximate surface area is 182 Å². The van der Waals surface area contributed by atoms with Gasteiger partial charge in [-0.2, -0.15) is 0 Å². The van der Waals surface area contributed by atoms with E-state index in [1.165, 1.54) is 4.90 Å². The average Bonchev–Trinajstić information content (AvgIpc) is 3.07. The number of hydrogen-bond acceptors (Lipinski definition) is 6. The van der Waals surface area contributed by atoms with Crippen molar-refractivity contribution in [3.63, 3.8) is 0 Å². The van der Waals surface area contributed by atoms with Gasteiger partial charge in [-0.3, -0.25) is 9.59 Å². The molecule has 7 nitrogen and oxygen atoms in total. The fraction of sp³-hybridized carbons (Fsp3) is 0.375. The first-order valence-electron chi connectivity index (χ1n) is 10.5. The summed E-state index contributed by atoms with van der Waals surface area (Å²) in [7, 11) is 1.62. The summed E-state index contributed by atoms with van der Waals surface area (Å²) in [6.07, 6.45) is 2.60. The largest absolute Gasteiger partial charge is 0.497 e. The van der Waals surface area contributed by atoms with Gasteiger partial charge in [0.05, 0.1) is 37.4 Å². The fourth-order valence-corrected chi connectivity index (χ4v) is 3.38. The van der Waals surface area contributed by atoms with Crippen LogP contribution in [0.4, 0.5) is 5.69 Å². The zero-order valence-electron chi connectivity index (χ0n) is 17.9. The number of esters is 1. The smallest absolute Gasteiger partial charge is 0.338 e. The van der Waals surface area contributed by atoms with E-state index in [1.54, 1.807) is 31.4 Å². The number of benzene rings is 2. The minimum absolute atomic E-state index is 0.113. The Morgan fingerprint density at radius 1 is 1.10 bits per heavy atom. The van der Waals surface area contributed by atoms with Crippen molar-refractivity contribution in [2.24, 2.45) is 0 Å². The van der Waals surface area contributed by atoms with Crippen molar-refractivity contribution in [2.75, 3.05) is 25.2 Å². The number of carbonyl (C=O) groups is 3. The van der Waals surface area contributed by atoms with Gasteiger partial charge in [0.25, 0.3) is 5.91 Å². The number of nitrogens with one attached hydrogen (secondary N) is 1. The maximum absolute atomic E-state index is 12.8. The number of amides is 2. The number of rotatable bonds is 10. The van der Waals surface area contributed by atoms with Gasteiger partial charge in [-0.15, -0.1) is 0 Å². The van der Waals surface area contributed by atoms with Gasteiger partial charge < -0.3 is 14.8 Å². The number of carbonyl (C=O) groups excluding carboxylic acids is 3. The normalized spacial score (nSPS) is 15.9. The van der Waals surface area contributed by atoms with E-state index in [0.29, 0.717) is 24.4 Å². The van der Waals surface area contributed by atoms with Crippen LogP contribution in [0, 0.1) is 0 Å². The van der Waals surface area contributed by atoms with Crippen LogP contribution >= 0.6 is 0 Å². The van der Waals surface area contributed by atoms with Crippen molar-refractivity contribution in [2.45, 2.75) is 38.6 Å². The standard InChI is InChI=1S/C24H28N2O5/c1-3-4-15-31-24(29)18-7-9-19(10-8-18)26-22(27)16-21(23(26)28)25-14-13-17-5-11-20(30-2)12-6-17/h5-12,21,25H,3-4,13-16H2,1-2H3/t21-/m1/s1. The lowest BCUT2D eigenvalue weighted by Crippen LogP contribution is -2.39. The molecular weight excluding hydrogens is 396 g/mol. The Morgan fingerprint density at radius 3 is 2.45 bits per heavy atom. The van der Waals surface area contributed by atoms with Crippen LogP contribution in [0.15, 0.2) is 48.5 Å². The number of unbranched alkanes of at least 4 members (excludes halogenated alkanes) is 1. The number of imide groups is 1. The van der Waals surface area contributed by atoms with Crippen molar-refractivity contribution in [3.05, 3.63) is 59.7 Å². The topological polar surface area (TPSA) is 84.9 Å². The first-order chi connectivity index (χ1) is 15.0. The van der Waals surface area contributed by atoms with Crippen LogP contribution in [-0.2, 0) is 20.7 Å². The molecule has 2 aromatic rings. The Bertz CT molecular complexity index is 909. The molecule has 2 amide bonds. The summed E-state index contributed by atoms with van der Waals surface area (Å²) in [5.41, 5.74) is 1.97. The van der Waals surface area contributed by atoms with Crippen LogP contribution in [0.1, 0.15) is 42.1 Å². The van der Waals surface area contributed by atoms with Gasteiger partial charge in [0, 0.05) is 0 Å². The molecule has 7 heteroatoms. The zero-order chi connectivity index (χ0) is 22.2. The van der Waals surface area contributed by atoms with E-state index < -0.39 is 12.0 Å². The van der Waals surface area contributed by atoms with Gasteiger partial charge in [0.15, 0.2) is 0 Å². The number of ether oxygens (including phenoxy) is 2. The van der Waals surface area contributed by atoms with Gasteiger partial charge in [-0.05, 0) is 61.3 Å². The minimum Gasteiger partial charge on any atom is -0.497 e. The van der Waals surface area contributed by atoms with Crippen molar-refractivity contribution >= 4 is 23.5 Å². The molecule has 3 rings (SSSR count). The summed E-state index contributed by atoms with van der Waals surface area (Å²) in [5, 5.41) is 3.18. The monoisotopic (exact) mass is 424 g/mol. The number of anilines is 1. The predicted molar refractivity (Wildman–Crippen MR) is 117 cm³/mol. The summed E-state index contributed by atoms with van der Waals surface area (Å²) in [6, 6.07) is 13.5. The quantitative estimate of drug-likeness (QED) is 0.358. The van der Waals surface area contributed by atoms with Crippen LogP contribution in [0.2, 0.25) is 0 Å². The highest BCUT2D eigenvalue weighted by Crippen LogP contribution is 2.23. The molecule has 0 unspecified atom stereocenters. The molecule has 0 spiro atoms. The minimum atomic E-state index is -0.551. The summed E-state index contributed by atoms with van der Waals surface area (Å²) in [6.45, 7) is 2.98. The molecular formula is C24H28N2O5. The molecule has 1 heterocycles. The summed E-state index contributed by atoms with van der Waals surface area (Å²) in [4.78, 5) is 38.4. The highest BCUT2D eigenvalue weighted by Gasteiger charge is 2.39. The summed E-state index contributed by atoms with van der Waals surface area (Å²) in [5.74, 6) is -0.149. The Hall–Kier alpha value is -3.19. The Kier molecular flexibility index (Phi) is 7.78. The predicted octanol–water partition coefficient (Wildman–Crippen LogP) is 3.12. The molecule has 2 aromatic carbocycles. The lowest BCUT2D eigenvalue weighted by molar-refractivity contribution is -0.121. The van der Waals surface area contributed by atoms with E-state index in [1.807, 2.05) is 31.2 Å². The molecule has 1 saturated heterocycles. The van der Waals surface area contributed by atoms with E-state index >= 15 is 0 Å². The van der Waals surface area contributed by atoms with Crippen LogP contribution in [0.5, 0.6) is 5.75 Å². The second-order valence-corrected chi connectivity index (χ2v) is 7.41. The average molecular weight is 424 g/mol. The molecule has 0 aromatic heterocycles. The maximum Gasteiger partial charge on any atom is 0.338 e. The van der Waals surface area contributed by atoms with Crippen LogP contribution in [0.3, 0.4) is 0 Å². The van der Waals surface area contributed by atoms with Gasteiger partial charge in [0.2, 0.25) is 5.91 Å². The lowest BCUT2D eigenvalue weighted by Gasteiger charge is -2.16. The molecule has 31 heavy (non-hydrogen) atoms. The van der Waals surface area contributed by atoms with Gasteiger partial charge in [-0.1, -0.05) is 25.5 Å². The van der Waals surface area contributed by atoms with E-state index in [2.05, 4.69) is 5.32 Å². The number of nitrogens with zero attached hydrogens (tertiary/aromatic N) is 1. The van der Waals surface area contributed by atoms with Crippen LogP contribution in [-0.4, -0.2) is 44.1 Å². The lowest BCUT2D eigenvalue weighted by atomic mass is 10.1. The first kappa shape index (κ1) is 22.5. The molecule has 1 N–H and O–H groups in total. The second-order valence-electron chi connectivity index (χ2n) is 7.41. The molecule has 1 aliphatic heterocycles. The molecule has 0 radical (unpaired) electrons. The third-order valence-electron chi connectivity index (χ3n) is 5.20. The third kappa shape index (κ3) is 5.70. The summed E-state index contributed by atoms with van der Waals surface area (Å²) >= 11 is 0. The van der Waals surface area contributed by atoms with Crippen LogP contribution < -0.4 is 15.0 Å². The molecule has 0 saturated carbocycles. The molecule has 1 atom stereocenters. The van der Waals surface area contributed by atoms with E-state index in [0.717, 1.165) is 30.6 Å². The zero-order valence-corrected chi connectivity index (χ0v) is 17.9. The highest BCUT2D eigenvalue weighted by molar-refractivity contribution is 6.22. The molecule has 1 fully saturated rings. The maximum atomic E-state index is 12.8. The fourth-order valence-electron chi connectivity index (χ4n) is 3.38. The van der Waals surface area contributed by atoms with E-state index in [-0.39, 0.29) is 18.2 Å². The van der Waals surface area contributed by atoms with E-state index in [4.69, 9.17) is 9.47 Å². The van der Waals surface area contributed by atoms with Crippen LogP contribution in [0.25, 0.3) is 0 Å². The van der Waals surface area contributed by atoms with Gasteiger partial charge >= 0.3 is 5.97 Å². The SMILES string of the molecule is CCCCOC(=O)c1ccc(N2C(=O)C[C@@H](NCCc3ccc(OC)cc3)C2=O)cc1. The second kappa shape index (κ2) is 10.7. The van der Waals surface area contributed by atoms with Gasteiger partial charge in [0.1, 0.15) is 5.75 Å². The van der Waals surface area contributed by atoms with Crippen molar-refractivity contribution in [1.29, 1.82) is 0 Å². The summed E-state index contributed by atoms with van der Waals surface area (Å²) < 4.78 is 10.3. The number of hydrogen-bond donors (Lipinski definition) is 1. The first-order valence-corrected chi connectivity index (χ1v) is 10.5. The molecule has 0 bridgehead atoms. The van der Waals surface area contributed by atoms with Crippen molar-refractivity contribution < 1.29 is 23.9 Å². The molecule has 0 aliphatic carbocycles. The van der Waals surface area contributed by atoms with Crippen molar-refractivity contribution in [3.8, 4) is 5.75 Å². The highest BCUT2D eigenvalue weighted by atomic mass is 16.5. The Morgan fingerprint density at radius 2 is 1.81 bits per heavy atom. The Balaban J connectivity index is 1.54. The van der Waals surface area contributed by atoms with Crippen molar-refractivity contribution in [1.82, 2.24) is 5.32 Å². The number of methoxy groups -OCH3 is 1.